The van der Waals surface area contributed by atoms with Crippen LogP contribution in [0.5, 0.6) is 0 Å². The average molecular weight is 444 g/mol. The lowest BCUT2D eigenvalue weighted by Gasteiger charge is -2.34. The van der Waals surface area contributed by atoms with E-state index in [0.29, 0.717) is 24.4 Å². The Morgan fingerprint density at radius 2 is 1.58 bits per heavy atom. The van der Waals surface area contributed by atoms with E-state index in [1.807, 2.05) is 30.3 Å². The summed E-state index contributed by atoms with van der Waals surface area (Å²) in [7, 11) is 0. The third-order valence-corrected chi connectivity index (χ3v) is 6.26. The van der Waals surface area contributed by atoms with Crippen molar-refractivity contribution in [3.05, 3.63) is 65.2 Å². The predicted octanol–water partition coefficient (Wildman–Crippen LogP) is 2.86. The van der Waals surface area contributed by atoms with Crippen LogP contribution < -0.4 is 9.91 Å². The van der Waals surface area contributed by atoms with Gasteiger partial charge in [0.15, 0.2) is 0 Å². The summed E-state index contributed by atoms with van der Waals surface area (Å²) in [6, 6.07) is 14.2. The molecule has 2 aromatic carbocycles. The van der Waals surface area contributed by atoms with Gasteiger partial charge in [-0.25, -0.2) is 4.79 Å². The van der Waals surface area contributed by atoms with E-state index < -0.39 is 5.97 Å². The van der Waals surface area contributed by atoms with Gasteiger partial charge in [0.25, 0.3) is 5.91 Å². The SMILES string of the molecule is O=CN1CCN(c2ccc(/C=C3\C(=O)N(c4ccc(C(=O)O)cc4)N=C3C3CC3)cc2)CC1. The lowest BCUT2D eigenvalue weighted by atomic mass is 10.0. The first-order chi connectivity index (χ1) is 16.0. The van der Waals surface area contributed by atoms with Crippen LogP contribution in [0, 0.1) is 5.92 Å². The van der Waals surface area contributed by atoms with Gasteiger partial charge >= 0.3 is 5.97 Å². The van der Waals surface area contributed by atoms with E-state index in [9.17, 15) is 14.4 Å². The van der Waals surface area contributed by atoms with Crippen molar-refractivity contribution in [1.82, 2.24) is 4.90 Å². The van der Waals surface area contributed by atoms with Crippen molar-refractivity contribution in [3.8, 4) is 0 Å². The van der Waals surface area contributed by atoms with E-state index in [0.717, 1.165) is 49.3 Å². The van der Waals surface area contributed by atoms with Gasteiger partial charge in [-0.15, -0.1) is 0 Å². The first-order valence-electron chi connectivity index (χ1n) is 11.1. The number of hydrazone groups is 1. The first-order valence-corrected chi connectivity index (χ1v) is 11.1. The van der Waals surface area contributed by atoms with Crippen molar-refractivity contribution in [3.63, 3.8) is 0 Å². The fourth-order valence-electron chi connectivity index (χ4n) is 4.18. The normalized spacial score (nSPS) is 19.8. The standard InChI is InChI=1S/C25H24N4O4/c30-16-27-11-13-28(14-12-27)20-7-1-17(2-8-20)15-22-23(18-3-4-18)26-29(24(22)31)21-9-5-19(6-10-21)25(32)33/h1-2,5-10,15-16,18H,3-4,11-14H2,(H,32,33)/b22-15-. The van der Waals surface area contributed by atoms with Gasteiger partial charge in [-0.2, -0.15) is 10.1 Å². The molecular formula is C25H24N4O4. The minimum atomic E-state index is -1.01. The Morgan fingerprint density at radius 3 is 2.15 bits per heavy atom. The average Bonchev–Trinajstić information content (AvgIpc) is 3.64. The van der Waals surface area contributed by atoms with Gasteiger partial charge in [0.05, 0.1) is 22.5 Å². The molecule has 3 aliphatic rings. The number of anilines is 2. The topological polar surface area (TPSA) is 93.5 Å². The maximum atomic E-state index is 13.2. The minimum absolute atomic E-state index is 0.167. The number of carboxylic acid groups (broad SMARTS) is 1. The van der Waals surface area contributed by atoms with Gasteiger partial charge in [-0.05, 0) is 60.9 Å². The molecule has 1 N–H and O–H groups in total. The summed E-state index contributed by atoms with van der Waals surface area (Å²) >= 11 is 0. The zero-order valence-corrected chi connectivity index (χ0v) is 18.1. The van der Waals surface area contributed by atoms with Crippen molar-refractivity contribution in [2.45, 2.75) is 12.8 Å². The summed E-state index contributed by atoms with van der Waals surface area (Å²) in [6.07, 6.45) is 4.81. The zero-order chi connectivity index (χ0) is 22.9. The Balaban J connectivity index is 1.36. The first kappa shape index (κ1) is 20.9. The van der Waals surface area contributed by atoms with Crippen LogP contribution in [-0.4, -0.2) is 60.2 Å². The van der Waals surface area contributed by atoms with Crippen molar-refractivity contribution >= 4 is 41.4 Å². The molecule has 0 aromatic heterocycles. The number of hydrogen-bond donors (Lipinski definition) is 1. The molecule has 2 heterocycles. The smallest absolute Gasteiger partial charge is 0.335 e. The maximum absolute atomic E-state index is 13.2. The van der Waals surface area contributed by atoms with Crippen LogP contribution in [-0.2, 0) is 9.59 Å². The molecule has 1 aliphatic carbocycles. The van der Waals surface area contributed by atoms with Crippen LogP contribution in [0.1, 0.15) is 28.8 Å². The largest absolute Gasteiger partial charge is 0.478 e. The van der Waals surface area contributed by atoms with E-state index in [2.05, 4.69) is 10.0 Å². The molecule has 2 fully saturated rings. The molecule has 5 rings (SSSR count). The van der Waals surface area contributed by atoms with E-state index in [1.54, 1.807) is 17.0 Å². The molecule has 168 valence electrons. The fraction of sp³-hybridized carbons (Fsp3) is 0.280. The molecule has 2 aromatic rings. The quantitative estimate of drug-likeness (QED) is 0.546. The molecule has 0 spiro atoms. The molecule has 0 atom stereocenters. The van der Waals surface area contributed by atoms with E-state index in [1.165, 1.54) is 17.1 Å². The predicted molar refractivity (Wildman–Crippen MR) is 125 cm³/mol. The molecule has 2 amide bonds. The van der Waals surface area contributed by atoms with Crippen LogP contribution in [0.4, 0.5) is 11.4 Å². The molecule has 0 radical (unpaired) electrons. The van der Waals surface area contributed by atoms with Gasteiger partial charge in [-0.3, -0.25) is 9.59 Å². The fourth-order valence-corrected chi connectivity index (χ4v) is 4.18. The van der Waals surface area contributed by atoms with E-state index in [4.69, 9.17) is 5.11 Å². The van der Waals surface area contributed by atoms with Crippen LogP contribution >= 0.6 is 0 Å². The number of piperazine rings is 1. The number of rotatable bonds is 6. The second-order valence-corrected chi connectivity index (χ2v) is 8.51. The molecule has 33 heavy (non-hydrogen) atoms. The van der Waals surface area contributed by atoms with Gasteiger partial charge in [0.1, 0.15) is 0 Å². The number of carbonyl (C=O) groups excluding carboxylic acids is 2. The van der Waals surface area contributed by atoms with Gasteiger partial charge < -0.3 is 14.9 Å². The molecular weight excluding hydrogens is 420 g/mol. The van der Waals surface area contributed by atoms with Gasteiger partial charge in [0.2, 0.25) is 6.41 Å². The number of benzene rings is 2. The molecule has 1 saturated heterocycles. The van der Waals surface area contributed by atoms with Crippen molar-refractivity contribution in [1.29, 1.82) is 0 Å². The second kappa shape index (κ2) is 8.54. The van der Waals surface area contributed by atoms with Crippen molar-refractivity contribution < 1.29 is 19.5 Å². The Hall–Kier alpha value is -3.94. The number of amides is 2. The summed E-state index contributed by atoms with van der Waals surface area (Å²) in [6.45, 7) is 3.03. The Morgan fingerprint density at radius 1 is 0.939 bits per heavy atom. The van der Waals surface area contributed by atoms with Gasteiger partial charge in [0, 0.05) is 37.8 Å². The number of nitrogens with zero attached hydrogens (tertiary/aromatic N) is 4. The maximum Gasteiger partial charge on any atom is 0.335 e. The summed E-state index contributed by atoms with van der Waals surface area (Å²) in [5, 5.41) is 15.1. The van der Waals surface area contributed by atoms with Gasteiger partial charge in [-0.1, -0.05) is 12.1 Å². The minimum Gasteiger partial charge on any atom is -0.478 e. The third-order valence-electron chi connectivity index (χ3n) is 6.26. The van der Waals surface area contributed by atoms with E-state index in [-0.39, 0.29) is 17.4 Å². The zero-order valence-electron chi connectivity index (χ0n) is 18.1. The molecule has 0 unspecified atom stereocenters. The van der Waals surface area contributed by atoms with Crippen LogP contribution in [0.15, 0.2) is 59.2 Å². The number of aromatic carboxylic acids is 1. The van der Waals surface area contributed by atoms with Crippen LogP contribution in [0.2, 0.25) is 0 Å². The highest BCUT2D eigenvalue weighted by atomic mass is 16.4. The third kappa shape index (κ3) is 4.24. The molecule has 0 bridgehead atoms. The highest BCUT2D eigenvalue weighted by molar-refractivity contribution is 6.33. The Kier molecular flexibility index (Phi) is 5.42. The number of hydrogen-bond acceptors (Lipinski definition) is 5. The monoisotopic (exact) mass is 444 g/mol. The Labute approximate surface area is 191 Å². The van der Waals surface area contributed by atoms with Crippen LogP contribution in [0.3, 0.4) is 0 Å². The highest BCUT2D eigenvalue weighted by Crippen LogP contribution is 2.38. The molecule has 1 saturated carbocycles. The highest BCUT2D eigenvalue weighted by Gasteiger charge is 2.39. The van der Waals surface area contributed by atoms with E-state index >= 15 is 0 Å². The second-order valence-electron chi connectivity index (χ2n) is 8.51. The van der Waals surface area contributed by atoms with Crippen molar-refractivity contribution in [2.24, 2.45) is 11.0 Å². The van der Waals surface area contributed by atoms with Crippen LogP contribution in [0.25, 0.3) is 6.08 Å². The molecule has 2 aliphatic heterocycles. The number of carbonyl (C=O) groups is 3. The summed E-state index contributed by atoms with van der Waals surface area (Å²) in [4.78, 5) is 39.3. The lowest BCUT2D eigenvalue weighted by Crippen LogP contribution is -2.45. The Bertz CT molecular complexity index is 1140. The lowest BCUT2D eigenvalue weighted by molar-refractivity contribution is -0.118. The summed E-state index contributed by atoms with van der Waals surface area (Å²) in [5.74, 6) is -0.919. The summed E-state index contributed by atoms with van der Waals surface area (Å²) in [5.41, 5.74) is 4.13. The van der Waals surface area contributed by atoms with Crippen molar-refractivity contribution in [2.75, 3.05) is 36.1 Å². The number of carboxylic acids is 1. The summed E-state index contributed by atoms with van der Waals surface area (Å²) < 4.78 is 0. The molecule has 8 heteroatoms. The molecule has 8 nitrogen and oxygen atoms in total.